The number of thiocarbonyl (C=S) groups is 1. The monoisotopic (exact) mass is 356 g/mol. The Morgan fingerprint density at radius 1 is 1.55 bits per heavy atom. The van der Waals surface area contributed by atoms with Crippen molar-refractivity contribution in [2.24, 2.45) is 5.73 Å². The Bertz CT molecular complexity index is 532. The first-order valence-electron chi connectivity index (χ1n) is 6.54. The minimum Gasteiger partial charge on any atom is -0.483 e. The number of carbonyl (C=O) groups is 1. The summed E-state index contributed by atoms with van der Waals surface area (Å²) >= 11 is 8.36. The van der Waals surface area contributed by atoms with Gasteiger partial charge in [0.1, 0.15) is 10.7 Å². The van der Waals surface area contributed by atoms with E-state index in [1.54, 1.807) is 12.1 Å². The molecular formula is C14H17BrN2O2S. The van der Waals surface area contributed by atoms with Crippen LogP contribution in [-0.4, -0.2) is 35.0 Å². The topological polar surface area (TPSA) is 55.6 Å². The van der Waals surface area contributed by atoms with E-state index in [1.807, 2.05) is 17.9 Å². The van der Waals surface area contributed by atoms with E-state index in [-0.39, 0.29) is 17.5 Å². The lowest BCUT2D eigenvalue weighted by Crippen LogP contribution is -2.36. The number of rotatable bonds is 6. The van der Waals surface area contributed by atoms with Crippen molar-refractivity contribution < 1.29 is 9.53 Å². The lowest BCUT2D eigenvalue weighted by Gasteiger charge is -2.20. The molecule has 0 aliphatic heterocycles. The fraction of sp³-hybridized carbons (Fsp3) is 0.429. The van der Waals surface area contributed by atoms with E-state index < -0.39 is 0 Å². The van der Waals surface area contributed by atoms with Crippen molar-refractivity contribution >= 4 is 39.0 Å². The molecule has 1 saturated carbocycles. The van der Waals surface area contributed by atoms with Gasteiger partial charge in [-0.2, -0.15) is 0 Å². The normalized spacial score (nSPS) is 13.9. The quantitative estimate of drug-likeness (QED) is 0.795. The predicted molar refractivity (Wildman–Crippen MR) is 85.9 cm³/mol. The Morgan fingerprint density at radius 2 is 2.25 bits per heavy atom. The van der Waals surface area contributed by atoms with Gasteiger partial charge in [-0.3, -0.25) is 4.79 Å². The van der Waals surface area contributed by atoms with Gasteiger partial charge in [0.05, 0.1) is 5.56 Å². The SMILES string of the molecule is CCN(C(=O)COc1ccc(Br)cc1C(N)=S)C1CC1. The Morgan fingerprint density at radius 3 is 2.80 bits per heavy atom. The largest absolute Gasteiger partial charge is 0.483 e. The number of carbonyl (C=O) groups excluding carboxylic acids is 1. The van der Waals surface area contributed by atoms with Gasteiger partial charge in [0.25, 0.3) is 5.91 Å². The van der Waals surface area contributed by atoms with Crippen molar-refractivity contribution in [3.63, 3.8) is 0 Å². The number of nitrogens with zero attached hydrogens (tertiary/aromatic N) is 1. The van der Waals surface area contributed by atoms with Gasteiger partial charge in [-0.25, -0.2) is 0 Å². The molecule has 6 heteroatoms. The Balaban J connectivity index is 2.03. The molecule has 0 saturated heterocycles. The third-order valence-electron chi connectivity index (χ3n) is 3.21. The summed E-state index contributed by atoms with van der Waals surface area (Å²) in [5, 5.41) is 0. The van der Waals surface area contributed by atoms with Crippen LogP contribution in [0.3, 0.4) is 0 Å². The summed E-state index contributed by atoms with van der Waals surface area (Å²) in [4.78, 5) is 14.2. The standard InChI is InChI=1S/C14H17BrN2O2S/c1-2-17(10-4-5-10)13(18)8-19-12-6-3-9(15)7-11(12)14(16)20/h3,6-7,10H,2,4-5,8H2,1H3,(H2,16,20). The Kier molecular flexibility index (Phi) is 4.99. The Labute approximate surface area is 132 Å². The van der Waals surface area contributed by atoms with Gasteiger partial charge in [0.15, 0.2) is 6.61 Å². The van der Waals surface area contributed by atoms with E-state index in [4.69, 9.17) is 22.7 Å². The molecule has 1 aliphatic rings. The maximum Gasteiger partial charge on any atom is 0.260 e. The number of halogens is 1. The molecule has 1 aliphatic carbocycles. The molecule has 0 atom stereocenters. The first-order valence-corrected chi connectivity index (χ1v) is 7.74. The van der Waals surface area contributed by atoms with Gasteiger partial charge in [-0.15, -0.1) is 0 Å². The summed E-state index contributed by atoms with van der Waals surface area (Å²) in [5.41, 5.74) is 6.31. The number of likely N-dealkylation sites (N-methyl/N-ethyl adjacent to an activating group) is 1. The highest BCUT2D eigenvalue weighted by Gasteiger charge is 2.31. The average molecular weight is 357 g/mol. The lowest BCUT2D eigenvalue weighted by molar-refractivity contribution is -0.133. The van der Waals surface area contributed by atoms with Crippen molar-refractivity contribution in [3.8, 4) is 5.75 Å². The van der Waals surface area contributed by atoms with Gasteiger partial charge < -0.3 is 15.4 Å². The second-order valence-corrected chi connectivity index (χ2v) is 6.06. The number of hydrogen-bond acceptors (Lipinski definition) is 3. The molecule has 2 rings (SSSR count). The van der Waals surface area contributed by atoms with E-state index in [0.717, 1.165) is 23.9 Å². The third-order valence-corrected chi connectivity index (χ3v) is 3.92. The molecule has 1 amide bonds. The second kappa shape index (κ2) is 6.54. The maximum absolute atomic E-state index is 12.1. The zero-order chi connectivity index (χ0) is 14.7. The fourth-order valence-electron chi connectivity index (χ4n) is 2.07. The van der Waals surface area contributed by atoms with Crippen molar-refractivity contribution in [1.82, 2.24) is 4.90 Å². The molecule has 0 aromatic heterocycles. The van der Waals surface area contributed by atoms with Gasteiger partial charge in [0.2, 0.25) is 0 Å². The predicted octanol–water partition coefficient (Wildman–Crippen LogP) is 2.47. The smallest absolute Gasteiger partial charge is 0.260 e. The minimum absolute atomic E-state index is 0.00630. The molecule has 0 spiro atoms. The van der Waals surface area contributed by atoms with Crippen LogP contribution in [0.5, 0.6) is 5.75 Å². The van der Waals surface area contributed by atoms with E-state index in [9.17, 15) is 4.79 Å². The van der Waals surface area contributed by atoms with Crippen LogP contribution in [0.1, 0.15) is 25.3 Å². The van der Waals surface area contributed by atoms with Crippen LogP contribution < -0.4 is 10.5 Å². The van der Waals surface area contributed by atoms with E-state index in [1.165, 1.54) is 0 Å². The van der Waals surface area contributed by atoms with Crippen molar-refractivity contribution in [1.29, 1.82) is 0 Å². The van der Waals surface area contributed by atoms with Crippen molar-refractivity contribution in [2.75, 3.05) is 13.2 Å². The zero-order valence-corrected chi connectivity index (χ0v) is 13.7. The van der Waals surface area contributed by atoms with Crippen LogP contribution in [0, 0.1) is 0 Å². The highest BCUT2D eigenvalue weighted by molar-refractivity contribution is 9.10. The summed E-state index contributed by atoms with van der Waals surface area (Å²) in [6.45, 7) is 2.72. The maximum atomic E-state index is 12.1. The third kappa shape index (κ3) is 3.70. The lowest BCUT2D eigenvalue weighted by atomic mass is 10.2. The van der Waals surface area contributed by atoms with Crippen LogP contribution in [-0.2, 0) is 4.79 Å². The summed E-state index contributed by atoms with van der Waals surface area (Å²) in [7, 11) is 0. The highest BCUT2D eigenvalue weighted by atomic mass is 79.9. The average Bonchev–Trinajstić information content (AvgIpc) is 3.22. The van der Waals surface area contributed by atoms with Crippen LogP contribution in [0.2, 0.25) is 0 Å². The van der Waals surface area contributed by atoms with Gasteiger partial charge >= 0.3 is 0 Å². The summed E-state index contributed by atoms with van der Waals surface area (Å²) in [6, 6.07) is 5.79. The van der Waals surface area contributed by atoms with Gasteiger partial charge in [0, 0.05) is 17.1 Å². The molecule has 20 heavy (non-hydrogen) atoms. The molecule has 1 fully saturated rings. The van der Waals surface area contributed by atoms with Crippen LogP contribution in [0.15, 0.2) is 22.7 Å². The van der Waals surface area contributed by atoms with Crippen LogP contribution in [0.25, 0.3) is 0 Å². The van der Waals surface area contributed by atoms with Crippen LogP contribution >= 0.6 is 28.1 Å². The molecular weight excluding hydrogens is 340 g/mol. The molecule has 108 valence electrons. The molecule has 4 nitrogen and oxygen atoms in total. The van der Waals surface area contributed by atoms with E-state index >= 15 is 0 Å². The molecule has 1 aromatic rings. The number of ether oxygens (including phenoxy) is 1. The first-order chi connectivity index (χ1) is 9.52. The van der Waals surface area contributed by atoms with Crippen molar-refractivity contribution in [3.05, 3.63) is 28.2 Å². The molecule has 0 heterocycles. The molecule has 0 radical (unpaired) electrons. The molecule has 2 N–H and O–H groups in total. The zero-order valence-electron chi connectivity index (χ0n) is 11.3. The first kappa shape index (κ1) is 15.3. The second-order valence-electron chi connectivity index (χ2n) is 4.70. The van der Waals surface area contributed by atoms with Gasteiger partial charge in [-0.05, 0) is 38.0 Å². The summed E-state index contributed by atoms with van der Waals surface area (Å²) in [5.74, 6) is 0.549. The summed E-state index contributed by atoms with van der Waals surface area (Å²) < 4.78 is 6.46. The number of amides is 1. The minimum atomic E-state index is 0.00630. The molecule has 1 aromatic carbocycles. The highest BCUT2D eigenvalue weighted by Crippen LogP contribution is 2.27. The Hall–Kier alpha value is -1.14. The molecule has 0 unspecified atom stereocenters. The van der Waals surface area contributed by atoms with Gasteiger partial charge in [-0.1, -0.05) is 28.1 Å². The molecule has 0 bridgehead atoms. The van der Waals surface area contributed by atoms with Crippen molar-refractivity contribution in [2.45, 2.75) is 25.8 Å². The number of benzene rings is 1. The summed E-state index contributed by atoms with van der Waals surface area (Å²) in [6.07, 6.45) is 2.19. The number of hydrogen-bond donors (Lipinski definition) is 1. The number of nitrogens with two attached hydrogens (primary N) is 1. The fourth-order valence-corrected chi connectivity index (χ4v) is 2.59. The van der Waals surface area contributed by atoms with E-state index in [2.05, 4.69) is 15.9 Å². The van der Waals surface area contributed by atoms with Crippen LogP contribution in [0.4, 0.5) is 0 Å². The van der Waals surface area contributed by atoms with E-state index in [0.29, 0.717) is 17.4 Å².